The van der Waals surface area contributed by atoms with E-state index in [-0.39, 0.29) is 17.4 Å². The molecule has 0 amide bonds. The quantitative estimate of drug-likeness (QED) is 0.604. The summed E-state index contributed by atoms with van der Waals surface area (Å²) < 4.78 is 0. The van der Waals surface area contributed by atoms with Gasteiger partial charge >= 0.3 is 0 Å². The molecule has 1 fully saturated rings. The van der Waals surface area contributed by atoms with Gasteiger partial charge in [0.1, 0.15) is 0 Å². The number of nitrogens with zero attached hydrogens (tertiary/aromatic N) is 2. The Hall–Kier alpha value is -1.43. The highest BCUT2D eigenvalue weighted by molar-refractivity contribution is 7.14. The number of anilines is 1. The van der Waals surface area contributed by atoms with Gasteiger partial charge < -0.3 is 15.3 Å². The molecule has 0 bridgehead atoms. The van der Waals surface area contributed by atoms with E-state index in [0.29, 0.717) is 6.04 Å². The first-order valence-electron chi connectivity index (χ1n) is 11.5. The first-order valence-corrected chi connectivity index (χ1v) is 12.4. The number of unbranched alkanes of at least 4 members (excludes halogenated alkanes) is 1. The van der Waals surface area contributed by atoms with Crippen molar-refractivity contribution in [3.05, 3.63) is 34.7 Å². The van der Waals surface area contributed by atoms with Crippen LogP contribution in [0.15, 0.2) is 23.6 Å². The lowest BCUT2D eigenvalue weighted by atomic mass is 9.63. The largest absolute Gasteiger partial charge is 0.396 e. The van der Waals surface area contributed by atoms with Gasteiger partial charge in [0.05, 0.1) is 5.69 Å². The summed E-state index contributed by atoms with van der Waals surface area (Å²) in [4.78, 5) is 7.44. The summed E-state index contributed by atoms with van der Waals surface area (Å²) in [6.07, 6.45) is 5.57. The number of hydrogen-bond acceptors (Lipinski definition) is 5. The molecule has 1 atom stereocenters. The Kier molecular flexibility index (Phi) is 6.25. The second kappa shape index (κ2) is 8.60. The van der Waals surface area contributed by atoms with E-state index in [9.17, 15) is 0 Å². The molecule has 1 aromatic heterocycles. The number of aromatic nitrogens is 1. The van der Waals surface area contributed by atoms with Gasteiger partial charge in [-0.05, 0) is 66.7 Å². The Morgan fingerprint density at radius 2 is 1.90 bits per heavy atom. The highest BCUT2D eigenvalue weighted by Gasteiger charge is 2.37. The molecular formula is C25H37N3OS. The van der Waals surface area contributed by atoms with E-state index in [2.05, 4.69) is 61.5 Å². The molecule has 5 heteroatoms. The van der Waals surface area contributed by atoms with Gasteiger partial charge in [0, 0.05) is 36.7 Å². The lowest BCUT2D eigenvalue weighted by Gasteiger charge is -2.42. The number of aliphatic hydroxyl groups is 1. The van der Waals surface area contributed by atoms with Crippen LogP contribution in [0, 0.1) is 0 Å². The molecule has 4 rings (SSSR count). The Balaban J connectivity index is 1.47. The summed E-state index contributed by atoms with van der Waals surface area (Å²) in [5, 5.41) is 15.9. The van der Waals surface area contributed by atoms with Crippen LogP contribution in [0.1, 0.15) is 70.9 Å². The van der Waals surface area contributed by atoms with Crippen molar-refractivity contribution in [2.75, 3.05) is 31.1 Å². The molecule has 2 heterocycles. The lowest BCUT2D eigenvalue weighted by Crippen LogP contribution is -2.33. The minimum atomic E-state index is 0.226. The van der Waals surface area contributed by atoms with Crippen LogP contribution >= 0.6 is 11.3 Å². The first-order chi connectivity index (χ1) is 14.3. The van der Waals surface area contributed by atoms with Crippen molar-refractivity contribution < 1.29 is 5.11 Å². The van der Waals surface area contributed by atoms with Crippen LogP contribution in [-0.2, 0) is 10.8 Å². The van der Waals surface area contributed by atoms with E-state index in [1.165, 1.54) is 29.5 Å². The van der Waals surface area contributed by atoms with Gasteiger partial charge in [0.15, 0.2) is 5.13 Å². The van der Waals surface area contributed by atoms with Crippen molar-refractivity contribution in [3.63, 3.8) is 0 Å². The summed E-state index contributed by atoms with van der Waals surface area (Å²) in [7, 11) is 0. The highest BCUT2D eigenvalue weighted by Crippen LogP contribution is 2.47. The Morgan fingerprint density at radius 1 is 1.13 bits per heavy atom. The highest BCUT2D eigenvalue weighted by atomic mass is 32.1. The molecular weight excluding hydrogens is 390 g/mol. The molecule has 2 aliphatic rings. The zero-order valence-corrected chi connectivity index (χ0v) is 19.8. The van der Waals surface area contributed by atoms with Gasteiger partial charge in [-0.2, -0.15) is 0 Å². The first kappa shape index (κ1) is 21.8. The van der Waals surface area contributed by atoms with E-state index < -0.39 is 0 Å². The third kappa shape index (κ3) is 4.44. The van der Waals surface area contributed by atoms with Crippen LogP contribution < -0.4 is 10.2 Å². The minimum Gasteiger partial charge on any atom is -0.396 e. The monoisotopic (exact) mass is 427 g/mol. The average molecular weight is 428 g/mol. The molecule has 1 aromatic carbocycles. The molecule has 1 aliphatic heterocycles. The average Bonchev–Trinajstić information content (AvgIpc) is 3.38. The molecule has 4 nitrogen and oxygen atoms in total. The Morgan fingerprint density at radius 3 is 2.67 bits per heavy atom. The molecule has 0 spiro atoms. The van der Waals surface area contributed by atoms with Crippen LogP contribution in [0.25, 0.3) is 11.3 Å². The normalized spacial score (nSPS) is 22.3. The van der Waals surface area contributed by atoms with Crippen LogP contribution in [0.3, 0.4) is 0 Å². The molecule has 1 saturated heterocycles. The SMILES string of the molecule is CC1(C)CCC(C)(C)c2cc(-c3csc(N4CCC(NCCCCO)C4)n3)ccc21. The maximum Gasteiger partial charge on any atom is 0.185 e. The van der Waals surface area contributed by atoms with Gasteiger partial charge in [0.25, 0.3) is 0 Å². The number of rotatable bonds is 7. The van der Waals surface area contributed by atoms with Crippen LogP contribution in [0.5, 0.6) is 0 Å². The van der Waals surface area contributed by atoms with Gasteiger partial charge in [-0.25, -0.2) is 4.98 Å². The van der Waals surface area contributed by atoms with E-state index in [1.807, 2.05) is 0 Å². The fourth-order valence-corrected chi connectivity index (χ4v) is 5.81. The standard InChI is InChI=1S/C25H37N3OS/c1-24(2)10-11-25(3,4)21-15-18(7-8-20(21)24)22-17-30-23(27-22)28-13-9-19(16-28)26-12-5-6-14-29/h7-8,15,17,19,26,29H,5-6,9-14,16H2,1-4H3. The Labute approximate surface area is 185 Å². The van der Waals surface area contributed by atoms with E-state index in [4.69, 9.17) is 10.1 Å². The number of benzene rings is 1. The molecule has 2 aromatic rings. The summed E-state index contributed by atoms with van der Waals surface area (Å²) in [5.74, 6) is 0. The van der Waals surface area contributed by atoms with Crippen molar-refractivity contribution in [2.45, 2.75) is 76.7 Å². The van der Waals surface area contributed by atoms with Gasteiger partial charge in [0.2, 0.25) is 0 Å². The van der Waals surface area contributed by atoms with E-state index in [1.54, 1.807) is 11.3 Å². The maximum absolute atomic E-state index is 8.92. The molecule has 30 heavy (non-hydrogen) atoms. The topological polar surface area (TPSA) is 48.4 Å². The molecule has 0 radical (unpaired) electrons. The molecule has 164 valence electrons. The fraction of sp³-hybridized carbons (Fsp3) is 0.640. The van der Waals surface area contributed by atoms with Crippen molar-refractivity contribution in [1.82, 2.24) is 10.3 Å². The second-order valence-corrected chi connectivity index (χ2v) is 11.2. The number of thiazole rings is 1. The smallest absolute Gasteiger partial charge is 0.185 e. The van der Waals surface area contributed by atoms with E-state index in [0.717, 1.165) is 49.7 Å². The van der Waals surface area contributed by atoms with Crippen molar-refractivity contribution in [3.8, 4) is 11.3 Å². The van der Waals surface area contributed by atoms with Crippen molar-refractivity contribution >= 4 is 16.5 Å². The molecule has 1 aliphatic carbocycles. The number of fused-ring (bicyclic) bond motifs is 1. The lowest BCUT2D eigenvalue weighted by molar-refractivity contribution is 0.283. The van der Waals surface area contributed by atoms with Crippen molar-refractivity contribution in [1.29, 1.82) is 0 Å². The maximum atomic E-state index is 8.92. The van der Waals surface area contributed by atoms with Gasteiger partial charge in [-0.15, -0.1) is 11.3 Å². The van der Waals surface area contributed by atoms with Crippen LogP contribution in [0.2, 0.25) is 0 Å². The molecule has 1 unspecified atom stereocenters. The molecule has 2 N–H and O–H groups in total. The van der Waals surface area contributed by atoms with Crippen LogP contribution in [-0.4, -0.2) is 42.4 Å². The zero-order chi connectivity index (χ0) is 21.4. The summed E-state index contributed by atoms with van der Waals surface area (Å²) in [6, 6.07) is 7.57. The third-order valence-corrected chi connectivity index (χ3v) is 8.02. The predicted molar refractivity (Wildman–Crippen MR) is 128 cm³/mol. The van der Waals surface area contributed by atoms with Gasteiger partial charge in [-0.3, -0.25) is 0 Å². The number of nitrogens with one attached hydrogen (secondary N) is 1. The summed E-state index contributed by atoms with van der Waals surface area (Å²) >= 11 is 1.77. The number of aliphatic hydroxyl groups excluding tert-OH is 1. The summed E-state index contributed by atoms with van der Waals surface area (Å²) in [6.45, 7) is 12.9. The predicted octanol–water partition coefficient (Wildman–Crippen LogP) is 5.10. The zero-order valence-electron chi connectivity index (χ0n) is 19.0. The fourth-order valence-electron chi connectivity index (χ4n) is 4.93. The van der Waals surface area contributed by atoms with E-state index >= 15 is 0 Å². The molecule has 0 saturated carbocycles. The Bertz CT molecular complexity index is 873. The summed E-state index contributed by atoms with van der Waals surface area (Å²) in [5.41, 5.74) is 5.84. The van der Waals surface area contributed by atoms with Crippen LogP contribution in [0.4, 0.5) is 5.13 Å². The second-order valence-electron chi connectivity index (χ2n) is 10.4. The minimum absolute atomic E-state index is 0.226. The third-order valence-electron chi connectivity index (χ3n) is 7.12. The number of hydrogen-bond donors (Lipinski definition) is 2. The van der Waals surface area contributed by atoms with Crippen molar-refractivity contribution in [2.24, 2.45) is 0 Å². The van der Waals surface area contributed by atoms with Gasteiger partial charge in [-0.1, -0.05) is 39.8 Å².